The average Bonchev–Trinajstić information content (AvgIpc) is 3.21. The summed E-state index contributed by atoms with van der Waals surface area (Å²) in [6.07, 6.45) is 0. The summed E-state index contributed by atoms with van der Waals surface area (Å²) < 4.78 is 6.06. The minimum atomic E-state index is -0.736. The van der Waals surface area contributed by atoms with E-state index in [-0.39, 0.29) is 24.5 Å². The number of nitrogens with two attached hydrogens (primary N) is 1. The van der Waals surface area contributed by atoms with E-state index in [9.17, 15) is 14.4 Å². The van der Waals surface area contributed by atoms with Crippen LogP contribution in [-0.4, -0.2) is 30.4 Å². The lowest BCUT2D eigenvalue weighted by Gasteiger charge is -2.20. The molecule has 0 aliphatic carbocycles. The number of amides is 2. The summed E-state index contributed by atoms with van der Waals surface area (Å²) >= 11 is 3.36. The van der Waals surface area contributed by atoms with E-state index in [1.54, 1.807) is 31.2 Å². The molecule has 2 aromatic carbocycles. The molecule has 6 nitrogen and oxygen atoms in total. The number of ether oxygens (including phenoxy) is 1. The van der Waals surface area contributed by atoms with Gasteiger partial charge in [-0.25, -0.2) is 9.69 Å². The fourth-order valence-electron chi connectivity index (χ4n) is 4.23. The van der Waals surface area contributed by atoms with Gasteiger partial charge in [0.05, 0.1) is 12.3 Å². The van der Waals surface area contributed by atoms with E-state index in [2.05, 4.69) is 15.9 Å². The highest BCUT2D eigenvalue weighted by molar-refractivity contribution is 9.10. The van der Waals surface area contributed by atoms with Crippen LogP contribution in [-0.2, 0) is 19.1 Å². The van der Waals surface area contributed by atoms with E-state index < -0.39 is 23.8 Å². The Bertz CT molecular complexity index is 916. The molecule has 2 aromatic rings. The largest absolute Gasteiger partial charge is 0.462 e. The predicted octanol–water partition coefficient (Wildman–Crippen LogP) is 1.80. The van der Waals surface area contributed by atoms with Gasteiger partial charge in [-0.15, -0.1) is 0 Å². The Morgan fingerprint density at radius 1 is 1.04 bits per heavy atom. The van der Waals surface area contributed by atoms with E-state index in [0.29, 0.717) is 5.69 Å². The number of carbonyl (C=O) groups is 3. The molecule has 2 saturated heterocycles. The van der Waals surface area contributed by atoms with Gasteiger partial charge in [-0.2, -0.15) is 0 Å². The smallest absolute Gasteiger partial charge is 0.365 e. The number of imide groups is 1. The highest BCUT2D eigenvalue weighted by Crippen LogP contribution is 2.42. The summed E-state index contributed by atoms with van der Waals surface area (Å²) in [6.45, 7) is 1.96. The molecule has 4 atom stereocenters. The molecule has 0 aromatic heterocycles. The number of hydrogen-bond acceptors (Lipinski definition) is 4. The molecule has 2 aliphatic rings. The van der Waals surface area contributed by atoms with Crippen LogP contribution in [0, 0.1) is 11.8 Å². The Kier molecular flexibility index (Phi) is 5.03. The first kappa shape index (κ1) is 18.8. The lowest BCUT2D eigenvalue weighted by Crippen LogP contribution is -2.91. The predicted molar refractivity (Wildman–Crippen MR) is 105 cm³/mol. The van der Waals surface area contributed by atoms with Gasteiger partial charge in [-0.1, -0.05) is 46.3 Å². The van der Waals surface area contributed by atoms with Crippen LogP contribution in [0.15, 0.2) is 59.1 Å². The zero-order chi connectivity index (χ0) is 19.8. The molecule has 4 rings (SSSR count). The normalized spacial score (nSPS) is 26.4. The molecular formula is C21H20BrN2O4+. The van der Waals surface area contributed by atoms with E-state index in [4.69, 9.17) is 4.74 Å². The van der Waals surface area contributed by atoms with Gasteiger partial charge >= 0.3 is 5.97 Å². The summed E-state index contributed by atoms with van der Waals surface area (Å²) in [6, 6.07) is 15.5. The zero-order valence-electron chi connectivity index (χ0n) is 15.2. The van der Waals surface area contributed by atoms with Crippen LogP contribution in [0.4, 0.5) is 5.69 Å². The SMILES string of the molecule is CCOC(=O)[C@H]1[NH2+][C@H](c2ccccc2)[C@@H]2C(=O)N(c3ccc(Br)cc3)C(=O)[C@@H]21. The van der Waals surface area contributed by atoms with Crippen molar-refractivity contribution in [1.82, 2.24) is 0 Å². The van der Waals surface area contributed by atoms with Gasteiger partial charge in [0.25, 0.3) is 0 Å². The molecule has 0 bridgehead atoms. The Balaban J connectivity index is 1.75. The average molecular weight is 444 g/mol. The molecular weight excluding hydrogens is 424 g/mol. The summed E-state index contributed by atoms with van der Waals surface area (Å²) in [4.78, 5) is 40.3. The number of benzene rings is 2. The molecule has 0 unspecified atom stereocenters. The number of fused-ring (bicyclic) bond motifs is 1. The molecule has 144 valence electrons. The van der Waals surface area contributed by atoms with E-state index in [1.165, 1.54) is 4.90 Å². The van der Waals surface area contributed by atoms with Crippen molar-refractivity contribution in [2.24, 2.45) is 11.8 Å². The van der Waals surface area contributed by atoms with Gasteiger partial charge in [0.2, 0.25) is 11.8 Å². The summed E-state index contributed by atoms with van der Waals surface area (Å²) in [5.74, 6) is -2.40. The van der Waals surface area contributed by atoms with Gasteiger partial charge in [0.15, 0.2) is 6.04 Å². The summed E-state index contributed by atoms with van der Waals surface area (Å²) in [7, 11) is 0. The number of halogens is 1. The van der Waals surface area contributed by atoms with E-state index in [0.717, 1.165) is 10.0 Å². The molecule has 0 radical (unpaired) electrons. The molecule has 2 aliphatic heterocycles. The lowest BCUT2D eigenvalue weighted by atomic mass is 9.86. The van der Waals surface area contributed by atoms with Crippen LogP contribution in [0.2, 0.25) is 0 Å². The Morgan fingerprint density at radius 3 is 2.32 bits per heavy atom. The second kappa shape index (κ2) is 7.48. The second-order valence-corrected chi connectivity index (χ2v) is 7.86. The van der Waals surface area contributed by atoms with Gasteiger partial charge in [-0.3, -0.25) is 9.59 Å². The number of esters is 1. The number of nitrogens with zero attached hydrogens (tertiary/aromatic N) is 1. The fraction of sp³-hybridized carbons (Fsp3) is 0.286. The van der Waals surface area contributed by atoms with Crippen molar-refractivity contribution < 1.29 is 24.4 Å². The molecule has 28 heavy (non-hydrogen) atoms. The Hall–Kier alpha value is -2.51. The number of carbonyl (C=O) groups excluding carboxylic acids is 3. The Morgan fingerprint density at radius 2 is 1.68 bits per heavy atom. The second-order valence-electron chi connectivity index (χ2n) is 6.95. The van der Waals surface area contributed by atoms with Crippen LogP contribution in [0.5, 0.6) is 0 Å². The first-order chi connectivity index (χ1) is 13.5. The monoisotopic (exact) mass is 443 g/mol. The van der Waals surface area contributed by atoms with E-state index in [1.807, 2.05) is 35.6 Å². The highest BCUT2D eigenvalue weighted by atomic mass is 79.9. The molecule has 7 heteroatoms. The minimum Gasteiger partial charge on any atom is -0.462 e. The summed E-state index contributed by atoms with van der Waals surface area (Å²) in [5, 5.41) is 1.82. The maximum Gasteiger partial charge on any atom is 0.365 e. The molecule has 2 amide bonds. The summed E-state index contributed by atoms with van der Waals surface area (Å²) in [5.41, 5.74) is 1.44. The van der Waals surface area contributed by atoms with E-state index >= 15 is 0 Å². The topological polar surface area (TPSA) is 80.3 Å². The fourth-order valence-corrected chi connectivity index (χ4v) is 4.50. The zero-order valence-corrected chi connectivity index (χ0v) is 16.8. The maximum atomic E-state index is 13.3. The quantitative estimate of drug-likeness (QED) is 0.576. The van der Waals surface area contributed by atoms with Crippen LogP contribution < -0.4 is 10.2 Å². The van der Waals surface area contributed by atoms with Crippen molar-refractivity contribution in [3.8, 4) is 0 Å². The number of hydrogen-bond donors (Lipinski definition) is 1. The standard InChI is InChI=1S/C21H19BrN2O4/c1-2-28-21(27)18-16-15(17(23-18)12-6-4-3-5-7-12)19(25)24(20(16)26)14-10-8-13(22)9-11-14/h3-11,15-18,23H,2H2,1H3/p+1/t15-,16+,17-,18+/m1/s1. The van der Waals surface area contributed by atoms with Gasteiger partial charge in [-0.05, 0) is 31.2 Å². The van der Waals surface area contributed by atoms with Crippen molar-refractivity contribution in [3.05, 3.63) is 64.6 Å². The maximum absolute atomic E-state index is 13.3. The minimum absolute atomic E-state index is 0.231. The molecule has 0 spiro atoms. The van der Waals surface area contributed by atoms with Crippen LogP contribution >= 0.6 is 15.9 Å². The number of anilines is 1. The molecule has 0 saturated carbocycles. The molecule has 2 N–H and O–H groups in total. The van der Waals surface area contributed by atoms with Crippen LogP contribution in [0.25, 0.3) is 0 Å². The third kappa shape index (κ3) is 3.04. The van der Waals surface area contributed by atoms with Crippen molar-refractivity contribution in [3.63, 3.8) is 0 Å². The van der Waals surface area contributed by atoms with Crippen molar-refractivity contribution in [1.29, 1.82) is 0 Å². The highest BCUT2D eigenvalue weighted by Gasteiger charge is 2.64. The lowest BCUT2D eigenvalue weighted by molar-refractivity contribution is -0.700. The third-order valence-corrected chi connectivity index (χ3v) is 5.94. The van der Waals surface area contributed by atoms with Gasteiger partial charge in [0, 0.05) is 10.0 Å². The number of quaternary nitrogens is 1. The van der Waals surface area contributed by atoms with Crippen molar-refractivity contribution in [2.75, 3.05) is 11.5 Å². The van der Waals surface area contributed by atoms with Crippen molar-refractivity contribution in [2.45, 2.75) is 19.0 Å². The molecule has 2 heterocycles. The van der Waals surface area contributed by atoms with Gasteiger partial charge in [0.1, 0.15) is 17.9 Å². The number of rotatable bonds is 4. The molecule has 2 fully saturated rings. The Labute approximate surface area is 171 Å². The van der Waals surface area contributed by atoms with Crippen LogP contribution in [0.1, 0.15) is 18.5 Å². The third-order valence-electron chi connectivity index (χ3n) is 5.41. The van der Waals surface area contributed by atoms with Gasteiger partial charge < -0.3 is 10.1 Å². The first-order valence-corrected chi connectivity index (χ1v) is 10.0. The van der Waals surface area contributed by atoms with Crippen LogP contribution in [0.3, 0.4) is 0 Å². The van der Waals surface area contributed by atoms with Crippen molar-refractivity contribution >= 4 is 39.4 Å². The first-order valence-electron chi connectivity index (χ1n) is 9.23.